The molecule has 1 N–H and O–H groups in total. The first kappa shape index (κ1) is 15.2. The number of hydrogen-bond donors (Lipinski definition) is 1. The number of fused-ring (bicyclic) bond motifs is 1. The first-order valence-corrected chi connectivity index (χ1v) is 8.92. The predicted molar refractivity (Wildman–Crippen MR) is 87.1 cm³/mol. The van der Waals surface area contributed by atoms with Gasteiger partial charge in [0.15, 0.2) is 11.5 Å². The SMILES string of the molecule is Cc1ccc(Br)cc1S(=O)(=O)Nc1ccc2c(c1)OCCO2. The Bertz CT molecular complexity index is 820. The highest BCUT2D eigenvalue weighted by atomic mass is 79.9. The van der Waals surface area contributed by atoms with Gasteiger partial charge in [-0.3, -0.25) is 4.72 Å². The normalized spacial score (nSPS) is 13.7. The van der Waals surface area contributed by atoms with Crippen LogP contribution in [0.25, 0.3) is 0 Å². The second-order valence-electron chi connectivity index (χ2n) is 4.87. The number of benzene rings is 2. The molecule has 0 unspecified atom stereocenters. The summed E-state index contributed by atoms with van der Waals surface area (Å²) in [5.74, 6) is 1.16. The van der Waals surface area contributed by atoms with Crippen LogP contribution >= 0.6 is 15.9 Å². The lowest BCUT2D eigenvalue weighted by atomic mass is 10.2. The fourth-order valence-electron chi connectivity index (χ4n) is 2.18. The minimum atomic E-state index is -3.67. The van der Waals surface area contributed by atoms with E-state index in [0.29, 0.717) is 40.4 Å². The lowest BCUT2D eigenvalue weighted by molar-refractivity contribution is 0.171. The van der Waals surface area contributed by atoms with Crippen molar-refractivity contribution in [3.8, 4) is 11.5 Å². The number of hydrogen-bond acceptors (Lipinski definition) is 4. The largest absolute Gasteiger partial charge is 0.486 e. The Labute approximate surface area is 137 Å². The van der Waals surface area contributed by atoms with Gasteiger partial charge in [-0.15, -0.1) is 0 Å². The monoisotopic (exact) mass is 383 g/mol. The van der Waals surface area contributed by atoms with Crippen LogP contribution < -0.4 is 14.2 Å². The molecule has 22 heavy (non-hydrogen) atoms. The summed E-state index contributed by atoms with van der Waals surface area (Å²) in [5.41, 5.74) is 1.11. The van der Waals surface area contributed by atoms with E-state index in [-0.39, 0.29) is 4.90 Å². The summed E-state index contributed by atoms with van der Waals surface area (Å²) in [5, 5.41) is 0. The first-order valence-electron chi connectivity index (χ1n) is 6.64. The molecule has 0 fully saturated rings. The summed E-state index contributed by atoms with van der Waals surface area (Å²) in [6.07, 6.45) is 0. The molecule has 2 aromatic carbocycles. The van der Waals surface area contributed by atoms with Gasteiger partial charge in [0.1, 0.15) is 13.2 Å². The second-order valence-corrected chi connectivity index (χ2v) is 7.44. The zero-order valence-corrected chi connectivity index (χ0v) is 14.2. The Kier molecular flexibility index (Phi) is 4.01. The Balaban J connectivity index is 1.93. The molecule has 0 aliphatic carbocycles. The van der Waals surface area contributed by atoms with Crippen molar-refractivity contribution in [3.63, 3.8) is 0 Å². The van der Waals surface area contributed by atoms with Crippen molar-refractivity contribution in [3.05, 3.63) is 46.4 Å². The number of ether oxygens (including phenoxy) is 2. The number of rotatable bonds is 3. The summed E-state index contributed by atoms with van der Waals surface area (Å²) >= 11 is 3.29. The molecule has 1 aliphatic heterocycles. The molecule has 0 aromatic heterocycles. The van der Waals surface area contributed by atoms with Crippen molar-refractivity contribution in [1.82, 2.24) is 0 Å². The molecule has 2 aromatic rings. The van der Waals surface area contributed by atoms with E-state index in [9.17, 15) is 8.42 Å². The van der Waals surface area contributed by atoms with Gasteiger partial charge >= 0.3 is 0 Å². The average molecular weight is 384 g/mol. The number of halogens is 1. The molecule has 0 saturated heterocycles. The average Bonchev–Trinajstić information content (AvgIpc) is 2.49. The van der Waals surface area contributed by atoms with Gasteiger partial charge < -0.3 is 9.47 Å². The van der Waals surface area contributed by atoms with Crippen molar-refractivity contribution in [2.75, 3.05) is 17.9 Å². The van der Waals surface area contributed by atoms with E-state index < -0.39 is 10.0 Å². The van der Waals surface area contributed by atoms with Crippen molar-refractivity contribution < 1.29 is 17.9 Å². The zero-order valence-electron chi connectivity index (χ0n) is 11.8. The van der Waals surface area contributed by atoms with Crippen molar-refractivity contribution in [1.29, 1.82) is 0 Å². The molecule has 1 aliphatic rings. The van der Waals surface area contributed by atoms with E-state index in [4.69, 9.17) is 9.47 Å². The molecule has 7 heteroatoms. The third kappa shape index (κ3) is 3.05. The van der Waals surface area contributed by atoms with Gasteiger partial charge in [0.05, 0.1) is 10.6 Å². The van der Waals surface area contributed by atoms with Crippen LogP contribution in [-0.2, 0) is 10.0 Å². The molecule has 0 bridgehead atoms. The van der Waals surface area contributed by atoms with Crippen LogP contribution in [0.1, 0.15) is 5.56 Å². The standard InChI is InChI=1S/C15H14BrNO4S/c1-10-2-3-11(16)8-15(10)22(18,19)17-12-4-5-13-14(9-12)21-7-6-20-13/h2-5,8-9,17H,6-7H2,1H3. The smallest absolute Gasteiger partial charge is 0.262 e. The lowest BCUT2D eigenvalue weighted by Gasteiger charge is -2.19. The number of nitrogens with one attached hydrogen (secondary N) is 1. The fourth-order valence-corrected chi connectivity index (χ4v) is 4.01. The van der Waals surface area contributed by atoms with Crippen LogP contribution in [0, 0.1) is 6.92 Å². The maximum atomic E-state index is 12.5. The van der Waals surface area contributed by atoms with Crippen LogP contribution in [0.2, 0.25) is 0 Å². The van der Waals surface area contributed by atoms with E-state index in [1.165, 1.54) is 0 Å². The minimum absolute atomic E-state index is 0.233. The Hall–Kier alpha value is -1.73. The van der Waals surface area contributed by atoms with Gasteiger partial charge in [-0.1, -0.05) is 22.0 Å². The minimum Gasteiger partial charge on any atom is -0.486 e. The molecule has 0 amide bonds. The molecule has 1 heterocycles. The van der Waals surface area contributed by atoms with Crippen LogP contribution in [-0.4, -0.2) is 21.6 Å². The van der Waals surface area contributed by atoms with Crippen molar-refractivity contribution in [2.45, 2.75) is 11.8 Å². The van der Waals surface area contributed by atoms with Gasteiger partial charge in [-0.25, -0.2) is 8.42 Å². The third-order valence-corrected chi connectivity index (χ3v) is 5.25. The van der Waals surface area contributed by atoms with Crippen LogP contribution in [0.5, 0.6) is 11.5 Å². The summed E-state index contributed by atoms with van der Waals surface area (Å²) in [4.78, 5) is 0.233. The third-order valence-electron chi connectivity index (χ3n) is 3.23. The van der Waals surface area contributed by atoms with E-state index in [0.717, 1.165) is 0 Å². The maximum absolute atomic E-state index is 12.5. The van der Waals surface area contributed by atoms with Gasteiger partial charge in [-0.2, -0.15) is 0 Å². The summed E-state index contributed by atoms with van der Waals surface area (Å²) in [6.45, 7) is 2.70. The van der Waals surface area contributed by atoms with Gasteiger partial charge in [0, 0.05) is 10.5 Å². The first-order chi connectivity index (χ1) is 10.5. The molecule has 3 rings (SSSR count). The summed E-state index contributed by atoms with van der Waals surface area (Å²) in [7, 11) is -3.67. The van der Waals surface area contributed by atoms with Gasteiger partial charge in [0.2, 0.25) is 0 Å². The lowest BCUT2D eigenvalue weighted by Crippen LogP contribution is -2.17. The molecule has 0 saturated carbocycles. The highest BCUT2D eigenvalue weighted by Gasteiger charge is 2.19. The molecular weight excluding hydrogens is 370 g/mol. The summed E-state index contributed by atoms with van der Waals surface area (Å²) in [6, 6.07) is 10.1. The number of aryl methyl sites for hydroxylation is 1. The molecule has 0 spiro atoms. The Morgan fingerprint density at radius 1 is 1.05 bits per heavy atom. The Morgan fingerprint density at radius 2 is 1.77 bits per heavy atom. The van der Waals surface area contributed by atoms with E-state index in [1.807, 2.05) is 0 Å². The topological polar surface area (TPSA) is 64.6 Å². The zero-order chi connectivity index (χ0) is 15.7. The number of sulfonamides is 1. The number of anilines is 1. The van der Waals surface area contributed by atoms with Crippen molar-refractivity contribution in [2.24, 2.45) is 0 Å². The molecule has 116 valence electrons. The Morgan fingerprint density at radius 3 is 2.55 bits per heavy atom. The van der Waals surface area contributed by atoms with E-state index in [2.05, 4.69) is 20.7 Å². The van der Waals surface area contributed by atoms with Crippen LogP contribution in [0.3, 0.4) is 0 Å². The second kappa shape index (κ2) is 5.81. The van der Waals surface area contributed by atoms with Crippen LogP contribution in [0.4, 0.5) is 5.69 Å². The fraction of sp³-hybridized carbons (Fsp3) is 0.200. The van der Waals surface area contributed by atoms with Crippen molar-refractivity contribution >= 4 is 31.6 Å². The molecule has 5 nitrogen and oxygen atoms in total. The highest BCUT2D eigenvalue weighted by molar-refractivity contribution is 9.10. The molecule has 0 radical (unpaired) electrons. The van der Waals surface area contributed by atoms with Gasteiger partial charge in [0.25, 0.3) is 10.0 Å². The summed E-state index contributed by atoms with van der Waals surface area (Å²) < 4.78 is 39.2. The quantitative estimate of drug-likeness (QED) is 0.882. The molecule has 0 atom stereocenters. The molecular formula is C15H14BrNO4S. The predicted octanol–water partition coefficient (Wildman–Crippen LogP) is 3.33. The van der Waals surface area contributed by atoms with Crippen LogP contribution in [0.15, 0.2) is 45.8 Å². The van der Waals surface area contributed by atoms with Gasteiger partial charge in [-0.05, 0) is 36.8 Å². The highest BCUT2D eigenvalue weighted by Crippen LogP contribution is 2.33. The maximum Gasteiger partial charge on any atom is 0.262 e. The van der Waals surface area contributed by atoms with E-state index in [1.54, 1.807) is 43.3 Å². The van der Waals surface area contributed by atoms with E-state index >= 15 is 0 Å².